The van der Waals surface area contributed by atoms with Gasteiger partial charge < -0.3 is 9.47 Å². The van der Waals surface area contributed by atoms with Crippen LogP contribution in [-0.4, -0.2) is 18.5 Å². The van der Waals surface area contributed by atoms with Gasteiger partial charge in [-0.1, -0.05) is 27.7 Å². The fourth-order valence-electron chi connectivity index (χ4n) is 2.46. The molecule has 0 N–H and O–H groups in total. The van der Waals surface area contributed by atoms with Gasteiger partial charge in [0.1, 0.15) is 0 Å². The highest BCUT2D eigenvalue weighted by molar-refractivity contribution is 4.88. The van der Waals surface area contributed by atoms with Crippen molar-refractivity contribution >= 4 is 0 Å². The van der Waals surface area contributed by atoms with E-state index in [1.807, 2.05) is 13.8 Å². The van der Waals surface area contributed by atoms with Crippen molar-refractivity contribution in [2.45, 2.75) is 72.7 Å². The summed E-state index contributed by atoms with van der Waals surface area (Å²) in [4.78, 5) is 0. The number of rotatable bonds is 5. The van der Waals surface area contributed by atoms with Crippen LogP contribution in [0.4, 0.5) is 0 Å². The lowest BCUT2D eigenvalue weighted by molar-refractivity contribution is -0.236. The summed E-state index contributed by atoms with van der Waals surface area (Å²) in [6, 6.07) is 0. The minimum atomic E-state index is -0.430. The zero-order chi connectivity index (χ0) is 12.4. The van der Waals surface area contributed by atoms with Crippen LogP contribution in [0.1, 0.15) is 60.8 Å². The van der Waals surface area contributed by atoms with Crippen LogP contribution in [0.3, 0.4) is 0 Å². The van der Waals surface area contributed by atoms with E-state index in [0.29, 0.717) is 11.5 Å². The molecule has 0 aromatic carbocycles. The highest BCUT2D eigenvalue weighted by Gasteiger charge is 2.40. The monoisotopic (exact) mass is 228 g/mol. The van der Waals surface area contributed by atoms with Crippen LogP contribution in [0, 0.1) is 11.3 Å². The maximum atomic E-state index is 6.08. The summed E-state index contributed by atoms with van der Waals surface area (Å²) in [7, 11) is 0. The van der Waals surface area contributed by atoms with E-state index in [4.69, 9.17) is 9.47 Å². The molecule has 96 valence electrons. The van der Waals surface area contributed by atoms with E-state index in [1.165, 1.54) is 0 Å². The first-order chi connectivity index (χ1) is 7.27. The van der Waals surface area contributed by atoms with E-state index >= 15 is 0 Å². The molecule has 1 aliphatic carbocycles. The molecule has 0 aromatic heterocycles. The van der Waals surface area contributed by atoms with Gasteiger partial charge in [0.2, 0.25) is 0 Å². The first kappa shape index (κ1) is 14.0. The molecule has 0 saturated heterocycles. The fourth-order valence-corrected chi connectivity index (χ4v) is 2.46. The Labute approximate surface area is 101 Å². The first-order valence-corrected chi connectivity index (χ1v) is 6.58. The van der Waals surface area contributed by atoms with E-state index in [1.54, 1.807) is 0 Å². The van der Waals surface area contributed by atoms with Gasteiger partial charge in [-0.25, -0.2) is 0 Å². The van der Waals surface area contributed by atoms with Gasteiger partial charge in [-0.2, -0.15) is 0 Å². The smallest absolute Gasteiger partial charge is 0.163 e. The summed E-state index contributed by atoms with van der Waals surface area (Å²) in [6.45, 7) is 13.9. The molecule has 0 aliphatic heterocycles. The highest BCUT2D eigenvalue weighted by atomic mass is 16.7. The first-order valence-electron chi connectivity index (χ1n) is 6.58. The van der Waals surface area contributed by atoms with Crippen LogP contribution in [0.15, 0.2) is 0 Å². The normalized spacial score (nSPS) is 29.6. The molecule has 0 bridgehead atoms. The van der Waals surface area contributed by atoms with Gasteiger partial charge in [-0.3, -0.25) is 0 Å². The molecule has 1 fully saturated rings. The zero-order valence-electron chi connectivity index (χ0n) is 11.8. The molecule has 1 aliphatic rings. The Kier molecular flexibility index (Phi) is 4.42. The molecule has 1 rings (SSSR count). The van der Waals surface area contributed by atoms with Crippen molar-refractivity contribution in [2.75, 3.05) is 6.61 Å². The van der Waals surface area contributed by atoms with E-state index in [-0.39, 0.29) is 0 Å². The van der Waals surface area contributed by atoms with Crippen LogP contribution in [0.5, 0.6) is 0 Å². The van der Waals surface area contributed by atoms with Crippen molar-refractivity contribution < 1.29 is 9.47 Å². The topological polar surface area (TPSA) is 18.5 Å². The molecule has 0 aromatic rings. The Morgan fingerprint density at radius 2 is 1.94 bits per heavy atom. The molecule has 16 heavy (non-hydrogen) atoms. The van der Waals surface area contributed by atoms with Crippen molar-refractivity contribution in [2.24, 2.45) is 11.3 Å². The summed E-state index contributed by atoms with van der Waals surface area (Å²) in [6.07, 6.45) is 3.70. The lowest BCUT2D eigenvalue weighted by atomic mass is 9.83. The van der Waals surface area contributed by atoms with Crippen LogP contribution >= 0.6 is 0 Å². The van der Waals surface area contributed by atoms with Gasteiger partial charge >= 0.3 is 0 Å². The van der Waals surface area contributed by atoms with Gasteiger partial charge in [0, 0.05) is 6.61 Å². The van der Waals surface area contributed by atoms with Crippen LogP contribution in [-0.2, 0) is 9.47 Å². The molecular weight excluding hydrogens is 200 g/mol. The van der Waals surface area contributed by atoms with E-state index in [0.717, 1.165) is 31.8 Å². The Balaban J connectivity index is 2.44. The molecule has 0 heterocycles. The molecular formula is C14H28O2. The number of hydrogen-bond acceptors (Lipinski definition) is 2. The van der Waals surface area contributed by atoms with E-state index in [2.05, 4.69) is 27.7 Å². The van der Waals surface area contributed by atoms with Crippen molar-refractivity contribution in [3.63, 3.8) is 0 Å². The fraction of sp³-hybridized carbons (Fsp3) is 1.00. The lowest BCUT2D eigenvalue weighted by Gasteiger charge is -2.29. The van der Waals surface area contributed by atoms with Gasteiger partial charge in [-0.15, -0.1) is 0 Å². The second-order valence-electron chi connectivity index (χ2n) is 6.32. The minimum Gasteiger partial charge on any atom is -0.351 e. The largest absolute Gasteiger partial charge is 0.351 e. The molecule has 2 atom stereocenters. The average molecular weight is 228 g/mol. The second-order valence-corrected chi connectivity index (χ2v) is 6.32. The van der Waals surface area contributed by atoms with E-state index < -0.39 is 5.79 Å². The lowest BCUT2D eigenvalue weighted by Crippen LogP contribution is -2.33. The number of ether oxygens (including phenoxy) is 2. The van der Waals surface area contributed by atoms with Gasteiger partial charge in [0.25, 0.3) is 0 Å². The number of hydrogen-bond donors (Lipinski definition) is 0. The third kappa shape index (κ3) is 3.74. The second kappa shape index (κ2) is 5.05. The van der Waals surface area contributed by atoms with Crippen molar-refractivity contribution in [3.8, 4) is 0 Å². The Morgan fingerprint density at radius 1 is 1.31 bits per heavy atom. The van der Waals surface area contributed by atoms with Crippen molar-refractivity contribution in [1.82, 2.24) is 0 Å². The minimum absolute atomic E-state index is 0.358. The molecule has 0 spiro atoms. The van der Waals surface area contributed by atoms with Crippen molar-refractivity contribution in [3.05, 3.63) is 0 Å². The molecule has 2 nitrogen and oxygen atoms in total. The average Bonchev–Trinajstić information content (AvgIpc) is 2.36. The summed E-state index contributed by atoms with van der Waals surface area (Å²) in [5, 5.41) is 0. The van der Waals surface area contributed by atoms with Crippen LogP contribution in [0.25, 0.3) is 0 Å². The Morgan fingerprint density at radius 3 is 2.38 bits per heavy atom. The maximum absolute atomic E-state index is 6.08. The Bertz CT molecular complexity index is 221. The summed E-state index contributed by atoms with van der Waals surface area (Å²) in [5.41, 5.74) is 0.408. The molecule has 2 unspecified atom stereocenters. The van der Waals surface area contributed by atoms with Gasteiger partial charge in [0.05, 0.1) is 6.10 Å². The third-order valence-corrected chi connectivity index (χ3v) is 3.81. The van der Waals surface area contributed by atoms with Gasteiger partial charge in [-0.05, 0) is 44.4 Å². The summed E-state index contributed by atoms with van der Waals surface area (Å²) < 4.78 is 11.8. The molecule has 0 radical (unpaired) electrons. The molecule has 0 amide bonds. The van der Waals surface area contributed by atoms with Crippen LogP contribution < -0.4 is 0 Å². The summed E-state index contributed by atoms with van der Waals surface area (Å²) >= 11 is 0. The predicted molar refractivity (Wildman–Crippen MR) is 67.4 cm³/mol. The maximum Gasteiger partial charge on any atom is 0.163 e. The SMILES string of the molecule is CCCOC(C)(C)OC1CC(C)C(C)(C)C1. The summed E-state index contributed by atoms with van der Waals surface area (Å²) in [5.74, 6) is 0.306. The highest BCUT2D eigenvalue weighted by Crippen LogP contribution is 2.44. The van der Waals surface area contributed by atoms with Crippen molar-refractivity contribution in [1.29, 1.82) is 0 Å². The standard InChI is InChI=1S/C14H28O2/c1-7-8-15-14(5,6)16-12-9-11(2)13(3,4)10-12/h11-12H,7-10H2,1-6H3. The van der Waals surface area contributed by atoms with Gasteiger partial charge in [0.15, 0.2) is 5.79 Å². The van der Waals surface area contributed by atoms with E-state index in [9.17, 15) is 0 Å². The zero-order valence-corrected chi connectivity index (χ0v) is 11.8. The quantitative estimate of drug-likeness (QED) is 0.662. The molecule has 1 saturated carbocycles. The molecule has 2 heteroatoms. The predicted octanol–water partition coefficient (Wildman–Crippen LogP) is 3.99. The Hall–Kier alpha value is -0.0800. The third-order valence-electron chi connectivity index (χ3n) is 3.81. The van der Waals surface area contributed by atoms with Crippen LogP contribution in [0.2, 0.25) is 0 Å².